The minimum atomic E-state index is -4.45. The number of aryl methyl sites for hydroxylation is 3. The van der Waals surface area contributed by atoms with Crippen LogP contribution in [0.4, 0.5) is 18.9 Å². The molecule has 9 heteroatoms. The first-order chi connectivity index (χ1) is 37.5. The normalized spacial score (nSPS) is 11.8. The van der Waals surface area contributed by atoms with E-state index < -0.39 is 11.7 Å². The van der Waals surface area contributed by atoms with Crippen molar-refractivity contribution in [1.29, 1.82) is 0 Å². The molecule has 0 spiro atoms. The molecule has 0 saturated carbocycles. The lowest BCUT2D eigenvalue weighted by Gasteiger charge is -2.20. The summed E-state index contributed by atoms with van der Waals surface area (Å²) in [5, 5.41) is 4.10. The monoisotopic (exact) mass is 1000 g/mol. The predicted molar refractivity (Wildman–Crippen MR) is 307 cm³/mol. The van der Waals surface area contributed by atoms with Crippen LogP contribution in [0.25, 0.3) is 127 Å². The Morgan fingerprint density at radius 2 is 0.831 bits per heavy atom. The molecule has 0 N–H and O–H groups in total. The summed E-state index contributed by atoms with van der Waals surface area (Å²) in [4.78, 5) is 19.4. The SMILES string of the molecule is [C-]#[N+]c1ccc(-n2c3ccccc3c3cc(-c4ccc(C(F)(F)F)cc4C)ccc32)c(-c2cc(-c3nc(-c4ccccc4)nc(-c4ccccc4)n3)ccc2-n2c3ccccc3c3cc(-c4ccc(C)cc4C)ccc32)c1. The molecule has 0 atom stereocenters. The van der Waals surface area contributed by atoms with Gasteiger partial charge in [0.25, 0.3) is 0 Å². The van der Waals surface area contributed by atoms with Gasteiger partial charge in [0, 0.05) is 43.8 Å². The zero-order valence-corrected chi connectivity index (χ0v) is 42.1. The van der Waals surface area contributed by atoms with Crippen LogP contribution in [0.15, 0.2) is 218 Å². The molecule has 0 unspecified atom stereocenters. The fraction of sp³-hybridized carbons (Fsp3) is 0.0588. The van der Waals surface area contributed by atoms with Crippen LogP contribution in [0.5, 0.6) is 0 Å². The van der Waals surface area contributed by atoms with Crippen LogP contribution < -0.4 is 0 Å². The first kappa shape index (κ1) is 46.8. The molecule has 368 valence electrons. The molecule has 0 fully saturated rings. The lowest BCUT2D eigenvalue weighted by Crippen LogP contribution is -2.05. The van der Waals surface area contributed by atoms with Crippen molar-refractivity contribution in [2.24, 2.45) is 0 Å². The van der Waals surface area contributed by atoms with E-state index in [1.165, 1.54) is 22.8 Å². The molecule has 0 aliphatic carbocycles. The number of benzene rings is 10. The Bertz CT molecular complexity index is 4490. The maximum atomic E-state index is 13.8. The molecule has 13 aromatic rings. The number of aromatic nitrogens is 5. The van der Waals surface area contributed by atoms with E-state index in [0.717, 1.165) is 106 Å². The smallest absolute Gasteiger partial charge is 0.309 e. The highest BCUT2D eigenvalue weighted by Crippen LogP contribution is 2.45. The number of nitrogens with zero attached hydrogens (tertiary/aromatic N) is 6. The summed E-state index contributed by atoms with van der Waals surface area (Å²) in [6.45, 7) is 14.4. The lowest BCUT2D eigenvalue weighted by molar-refractivity contribution is -0.137. The molecule has 3 aromatic heterocycles. The Hall–Kier alpha value is -9.91. The highest BCUT2D eigenvalue weighted by Gasteiger charge is 2.31. The third-order valence-corrected chi connectivity index (χ3v) is 14.7. The maximum absolute atomic E-state index is 13.8. The topological polar surface area (TPSA) is 52.9 Å². The Kier molecular flexibility index (Phi) is 11.2. The minimum Gasteiger partial charge on any atom is -0.309 e. The van der Waals surface area contributed by atoms with E-state index >= 15 is 0 Å². The van der Waals surface area contributed by atoms with E-state index in [1.54, 1.807) is 13.0 Å². The van der Waals surface area contributed by atoms with Gasteiger partial charge < -0.3 is 9.13 Å². The third kappa shape index (κ3) is 8.19. The molecule has 0 aliphatic rings. The lowest BCUT2D eigenvalue weighted by atomic mass is 9.96. The van der Waals surface area contributed by atoms with Gasteiger partial charge >= 0.3 is 6.18 Å². The number of alkyl halides is 3. The van der Waals surface area contributed by atoms with E-state index in [2.05, 4.69) is 125 Å². The number of para-hydroxylation sites is 2. The van der Waals surface area contributed by atoms with Crippen LogP contribution in [-0.2, 0) is 6.18 Å². The zero-order valence-electron chi connectivity index (χ0n) is 42.1. The van der Waals surface area contributed by atoms with Gasteiger partial charge in [-0.2, -0.15) is 13.2 Å². The molecule has 0 radical (unpaired) electrons. The van der Waals surface area contributed by atoms with Crippen LogP contribution in [0.2, 0.25) is 0 Å². The number of rotatable bonds is 8. The molecule has 0 bridgehead atoms. The van der Waals surface area contributed by atoms with Crippen molar-refractivity contribution in [1.82, 2.24) is 24.1 Å². The van der Waals surface area contributed by atoms with Crippen molar-refractivity contribution >= 4 is 49.3 Å². The summed E-state index contributed by atoms with van der Waals surface area (Å²) in [7, 11) is 0. The average Bonchev–Trinajstić information content (AvgIpc) is 4.18. The predicted octanol–water partition coefficient (Wildman–Crippen LogP) is 18.6. The first-order valence-corrected chi connectivity index (χ1v) is 25.4. The third-order valence-electron chi connectivity index (χ3n) is 14.7. The fourth-order valence-corrected chi connectivity index (χ4v) is 11.1. The van der Waals surface area contributed by atoms with Gasteiger partial charge in [-0.05, 0) is 139 Å². The highest BCUT2D eigenvalue weighted by atomic mass is 19.4. The van der Waals surface area contributed by atoms with Crippen LogP contribution in [-0.4, -0.2) is 24.1 Å². The van der Waals surface area contributed by atoms with Gasteiger partial charge in [-0.1, -0.05) is 145 Å². The minimum absolute atomic E-state index is 0.458. The van der Waals surface area contributed by atoms with E-state index in [9.17, 15) is 13.2 Å². The fourth-order valence-electron chi connectivity index (χ4n) is 11.1. The molecular formula is C68H45F3N6. The van der Waals surface area contributed by atoms with Crippen molar-refractivity contribution in [3.05, 3.63) is 252 Å². The van der Waals surface area contributed by atoms with Crippen molar-refractivity contribution in [3.8, 4) is 78.9 Å². The molecule has 10 aromatic carbocycles. The first-order valence-electron chi connectivity index (χ1n) is 25.4. The molecule has 0 amide bonds. The summed E-state index contributed by atoms with van der Waals surface area (Å²) >= 11 is 0. The molecule has 77 heavy (non-hydrogen) atoms. The van der Waals surface area contributed by atoms with Gasteiger partial charge in [0.15, 0.2) is 23.2 Å². The van der Waals surface area contributed by atoms with E-state index in [0.29, 0.717) is 28.7 Å². The van der Waals surface area contributed by atoms with E-state index in [-0.39, 0.29) is 0 Å². The summed E-state index contributed by atoms with van der Waals surface area (Å²) in [5.41, 5.74) is 16.2. The zero-order chi connectivity index (χ0) is 52.5. The average molecular weight is 1000 g/mol. The summed E-state index contributed by atoms with van der Waals surface area (Å²) < 4.78 is 46.0. The summed E-state index contributed by atoms with van der Waals surface area (Å²) in [6, 6.07) is 72.0. The molecule has 6 nitrogen and oxygen atoms in total. The highest BCUT2D eigenvalue weighted by molar-refractivity contribution is 6.13. The Balaban J connectivity index is 1.09. The number of hydrogen-bond acceptors (Lipinski definition) is 3. The van der Waals surface area contributed by atoms with Gasteiger partial charge in [0.05, 0.1) is 45.6 Å². The number of hydrogen-bond donors (Lipinski definition) is 0. The molecule has 13 rings (SSSR count). The maximum Gasteiger partial charge on any atom is 0.416 e. The van der Waals surface area contributed by atoms with Crippen LogP contribution >= 0.6 is 0 Å². The Labute approximate surface area is 442 Å². The second kappa shape index (κ2) is 18.5. The molecule has 0 saturated heterocycles. The van der Waals surface area contributed by atoms with Crippen molar-refractivity contribution in [2.75, 3.05) is 0 Å². The van der Waals surface area contributed by atoms with Crippen molar-refractivity contribution < 1.29 is 13.2 Å². The Morgan fingerprint density at radius 1 is 0.377 bits per heavy atom. The van der Waals surface area contributed by atoms with Crippen LogP contribution in [0, 0.1) is 27.3 Å². The van der Waals surface area contributed by atoms with Gasteiger partial charge in [-0.3, -0.25) is 0 Å². The molecule has 0 aliphatic heterocycles. The number of halogens is 3. The van der Waals surface area contributed by atoms with Crippen molar-refractivity contribution in [3.63, 3.8) is 0 Å². The Morgan fingerprint density at radius 3 is 1.35 bits per heavy atom. The van der Waals surface area contributed by atoms with Crippen molar-refractivity contribution in [2.45, 2.75) is 26.9 Å². The largest absolute Gasteiger partial charge is 0.416 e. The summed E-state index contributed by atoms with van der Waals surface area (Å²) in [5.74, 6) is 1.56. The van der Waals surface area contributed by atoms with Gasteiger partial charge in [-0.15, -0.1) is 0 Å². The number of fused-ring (bicyclic) bond motifs is 6. The van der Waals surface area contributed by atoms with Crippen LogP contribution in [0.1, 0.15) is 22.3 Å². The standard InChI is InChI=1S/C68H45F3N6/c1-41-23-29-51(42(2)35-41)46-24-31-61-55(37-46)53-19-11-13-21-59(53)76(61)63-33-26-48(67-74-65(44-15-7-5-8-16-44)73-66(75-67)45-17-9-6-10-18-45)39-57(63)58-40-50(72-4)28-34-64(58)77-60-22-14-12-20-54(60)56-38-47(25-32-62(56)77)52-30-27-49(36-43(52)3)68(69,70)71/h5-40H,1-3H3. The second-order valence-electron chi connectivity index (χ2n) is 19.6. The van der Waals surface area contributed by atoms with Gasteiger partial charge in [-0.25, -0.2) is 19.8 Å². The van der Waals surface area contributed by atoms with E-state index in [1.807, 2.05) is 103 Å². The molecule has 3 heterocycles. The van der Waals surface area contributed by atoms with Gasteiger partial charge in [0.1, 0.15) is 0 Å². The second-order valence-corrected chi connectivity index (χ2v) is 19.6. The summed E-state index contributed by atoms with van der Waals surface area (Å²) in [6.07, 6.45) is -4.45. The molecular weight excluding hydrogens is 958 g/mol. The van der Waals surface area contributed by atoms with E-state index in [4.69, 9.17) is 21.5 Å². The quantitative estimate of drug-likeness (QED) is 0.143. The van der Waals surface area contributed by atoms with Crippen LogP contribution in [0.3, 0.4) is 0 Å². The van der Waals surface area contributed by atoms with Gasteiger partial charge in [0.2, 0.25) is 0 Å².